The summed E-state index contributed by atoms with van der Waals surface area (Å²) in [5.41, 5.74) is 3.19. The van der Waals surface area contributed by atoms with Gasteiger partial charge in [-0.3, -0.25) is 4.79 Å². The lowest BCUT2D eigenvalue weighted by atomic mass is 10.3. The van der Waals surface area contributed by atoms with Crippen LogP contribution in [-0.4, -0.2) is 23.7 Å². The Morgan fingerprint density at radius 2 is 2.05 bits per heavy atom. The van der Waals surface area contributed by atoms with Gasteiger partial charge in [-0.15, -0.1) is 0 Å². The number of amides is 1. The third kappa shape index (κ3) is 4.98. The highest BCUT2D eigenvalue weighted by Gasteiger charge is 2.10. The summed E-state index contributed by atoms with van der Waals surface area (Å²) in [7, 11) is 0. The largest absolute Gasteiger partial charge is 0.481 e. The van der Waals surface area contributed by atoms with Crippen LogP contribution in [0.4, 0.5) is 0 Å². The fourth-order valence-corrected chi connectivity index (χ4v) is 3.92. The van der Waals surface area contributed by atoms with E-state index in [2.05, 4.69) is 63.3 Å². The molecule has 21 heavy (non-hydrogen) atoms. The van der Waals surface area contributed by atoms with Crippen molar-refractivity contribution in [1.29, 1.82) is 0 Å². The Hall–Kier alpha value is -1.12. The van der Waals surface area contributed by atoms with Gasteiger partial charge in [-0.25, -0.2) is 5.43 Å². The van der Waals surface area contributed by atoms with E-state index < -0.39 is 0 Å². The van der Waals surface area contributed by atoms with E-state index in [0.29, 0.717) is 5.75 Å². The molecule has 1 aromatic carbocycles. The van der Waals surface area contributed by atoms with E-state index in [-0.39, 0.29) is 12.5 Å². The summed E-state index contributed by atoms with van der Waals surface area (Å²) in [5, 5.41) is 3.82. The van der Waals surface area contributed by atoms with E-state index in [4.69, 9.17) is 4.74 Å². The Bertz CT molecular complexity index is 634. The third-order valence-electron chi connectivity index (χ3n) is 2.33. The zero-order valence-electron chi connectivity index (χ0n) is 10.6. The predicted molar refractivity (Wildman–Crippen MR) is 91.6 cm³/mol. The molecule has 110 valence electrons. The molecule has 0 saturated carbocycles. The van der Waals surface area contributed by atoms with Crippen molar-refractivity contribution in [3.8, 4) is 5.75 Å². The molecule has 0 spiro atoms. The van der Waals surface area contributed by atoms with Crippen LogP contribution >= 0.6 is 47.8 Å². The smallest absolute Gasteiger partial charge is 0.277 e. The van der Waals surface area contributed by atoms with Crippen molar-refractivity contribution in [2.45, 2.75) is 0 Å². The number of hydrogen-bond acceptors (Lipinski definition) is 3. The van der Waals surface area contributed by atoms with E-state index in [1.54, 1.807) is 6.20 Å². The molecule has 0 aliphatic heterocycles. The summed E-state index contributed by atoms with van der Waals surface area (Å²) in [6, 6.07) is 7.35. The van der Waals surface area contributed by atoms with Crippen molar-refractivity contribution in [1.82, 2.24) is 10.4 Å². The van der Waals surface area contributed by atoms with Gasteiger partial charge in [0.25, 0.3) is 5.91 Å². The summed E-state index contributed by atoms with van der Waals surface area (Å²) in [5.74, 6) is 0.209. The van der Waals surface area contributed by atoms with Crippen LogP contribution in [0.15, 0.2) is 49.0 Å². The maximum atomic E-state index is 11.6. The summed E-state index contributed by atoms with van der Waals surface area (Å²) in [6.07, 6.45) is 3.29. The molecule has 1 amide bonds. The van der Waals surface area contributed by atoms with Crippen LogP contribution in [-0.2, 0) is 4.79 Å². The third-order valence-corrected chi connectivity index (χ3v) is 3.96. The molecule has 0 radical (unpaired) electrons. The van der Waals surface area contributed by atoms with Gasteiger partial charge >= 0.3 is 0 Å². The molecule has 0 aliphatic carbocycles. The normalized spacial score (nSPS) is 10.8. The van der Waals surface area contributed by atoms with Crippen LogP contribution in [0.5, 0.6) is 5.75 Å². The number of halogens is 3. The summed E-state index contributed by atoms with van der Waals surface area (Å²) in [6.45, 7) is -0.138. The lowest BCUT2D eigenvalue weighted by molar-refractivity contribution is -0.123. The lowest BCUT2D eigenvalue weighted by Crippen LogP contribution is -2.24. The Balaban J connectivity index is 1.87. The number of aromatic nitrogens is 1. The maximum absolute atomic E-state index is 11.6. The number of hydrazone groups is 1. The second-order valence-electron chi connectivity index (χ2n) is 3.91. The van der Waals surface area contributed by atoms with Crippen LogP contribution in [0.3, 0.4) is 0 Å². The molecule has 1 heterocycles. The molecule has 2 N–H and O–H groups in total. The number of hydrogen-bond donors (Lipinski definition) is 2. The molecule has 0 fully saturated rings. The van der Waals surface area contributed by atoms with E-state index in [1.807, 2.05) is 24.3 Å². The maximum Gasteiger partial charge on any atom is 0.277 e. The number of benzene rings is 1. The number of aromatic amines is 1. The van der Waals surface area contributed by atoms with Crippen LogP contribution in [0.25, 0.3) is 0 Å². The molecular formula is C13H10Br3N3O2. The monoisotopic (exact) mass is 477 g/mol. The van der Waals surface area contributed by atoms with Crippen LogP contribution in [0.2, 0.25) is 0 Å². The number of rotatable bonds is 5. The minimum atomic E-state index is -0.348. The summed E-state index contributed by atoms with van der Waals surface area (Å²) in [4.78, 5) is 14.6. The fraction of sp³-hybridized carbons (Fsp3) is 0.0769. The Morgan fingerprint density at radius 1 is 1.33 bits per heavy atom. The fourth-order valence-electron chi connectivity index (χ4n) is 1.44. The van der Waals surface area contributed by atoms with E-state index in [9.17, 15) is 4.79 Å². The Kier molecular flexibility index (Phi) is 6.01. The van der Waals surface area contributed by atoms with Gasteiger partial charge in [-0.1, -0.05) is 15.9 Å². The first-order valence-electron chi connectivity index (χ1n) is 5.79. The molecule has 5 nitrogen and oxygen atoms in total. The zero-order valence-corrected chi connectivity index (χ0v) is 15.3. The zero-order chi connectivity index (χ0) is 15.2. The highest BCUT2D eigenvalue weighted by Crippen LogP contribution is 2.36. The number of nitrogens with zero attached hydrogens (tertiary/aromatic N) is 1. The summed E-state index contributed by atoms with van der Waals surface area (Å²) >= 11 is 10.1. The van der Waals surface area contributed by atoms with Gasteiger partial charge in [0.1, 0.15) is 5.75 Å². The molecule has 0 bridgehead atoms. The van der Waals surface area contributed by atoms with Gasteiger partial charge in [0.2, 0.25) is 0 Å². The lowest BCUT2D eigenvalue weighted by Gasteiger charge is -2.09. The molecule has 0 saturated heterocycles. The Morgan fingerprint density at radius 3 is 2.67 bits per heavy atom. The quantitative estimate of drug-likeness (QED) is 0.505. The molecule has 8 heteroatoms. The minimum absolute atomic E-state index is 0.138. The SMILES string of the molecule is O=C(COc1c(Br)cc(Br)cc1Br)N/N=C/c1ccc[nH]1. The topological polar surface area (TPSA) is 66.5 Å². The van der Waals surface area contributed by atoms with Crippen LogP contribution in [0, 0.1) is 0 Å². The second-order valence-corrected chi connectivity index (χ2v) is 6.53. The van der Waals surface area contributed by atoms with Gasteiger partial charge in [0.05, 0.1) is 20.9 Å². The molecular weight excluding hydrogens is 470 g/mol. The van der Waals surface area contributed by atoms with Gasteiger partial charge in [-0.2, -0.15) is 5.10 Å². The molecule has 2 rings (SSSR count). The number of carbonyl (C=O) groups excluding carboxylic acids is 1. The molecule has 0 atom stereocenters. The first-order chi connectivity index (χ1) is 10.1. The number of ether oxygens (including phenoxy) is 1. The van der Waals surface area contributed by atoms with Gasteiger partial charge in [-0.05, 0) is 56.1 Å². The highest BCUT2D eigenvalue weighted by molar-refractivity contribution is 9.11. The number of nitrogens with one attached hydrogen (secondary N) is 2. The Labute approximate surface area is 146 Å². The van der Waals surface area contributed by atoms with E-state index >= 15 is 0 Å². The average molecular weight is 480 g/mol. The van der Waals surface area contributed by atoms with Crippen molar-refractivity contribution in [2.24, 2.45) is 5.10 Å². The highest BCUT2D eigenvalue weighted by atomic mass is 79.9. The van der Waals surface area contributed by atoms with Crippen molar-refractivity contribution >= 4 is 59.9 Å². The van der Waals surface area contributed by atoms with Gasteiger partial charge in [0, 0.05) is 10.7 Å². The van der Waals surface area contributed by atoms with Crippen molar-refractivity contribution in [2.75, 3.05) is 6.61 Å². The van der Waals surface area contributed by atoms with Gasteiger partial charge < -0.3 is 9.72 Å². The molecule has 2 aromatic rings. The van der Waals surface area contributed by atoms with Crippen molar-refractivity contribution in [3.05, 3.63) is 49.6 Å². The molecule has 0 unspecified atom stereocenters. The van der Waals surface area contributed by atoms with Crippen LogP contribution in [0.1, 0.15) is 5.69 Å². The van der Waals surface area contributed by atoms with Gasteiger partial charge in [0.15, 0.2) is 6.61 Å². The first-order valence-corrected chi connectivity index (χ1v) is 8.17. The first kappa shape index (κ1) is 16.3. The second kappa shape index (κ2) is 7.77. The molecule has 1 aromatic heterocycles. The van der Waals surface area contributed by atoms with Crippen LogP contribution < -0.4 is 10.2 Å². The van der Waals surface area contributed by atoms with E-state index in [1.165, 1.54) is 6.21 Å². The number of carbonyl (C=O) groups is 1. The number of H-pyrrole nitrogens is 1. The average Bonchev–Trinajstić information content (AvgIpc) is 2.90. The minimum Gasteiger partial charge on any atom is -0.481 e. The van der Waals surface area contributed by atoms with Crippen molar-refractivity contribution in [3.63, 3.8) is 0 Å². The van der Waals surface area contributed by atoms with E-state index in [0.717, 1.165) is 19.1 Å². The summed E-state index contributed by atoms with van der Waals surface area (Å²) < 4.78 is 7.84. The predicted octanol–water partition coefficient (Wildman–Crippen LogP) is 3.83. The molecule has 0 aliphatic rings. The van der Waals surface area contributed by atoms with Crippen molar-refractivity contribution < 1.29 is 9.53 Å². The standard InChI is InChI=1S/C13H10Br3N3O2/c14-8-4-10(15)13(11(16)5-8)21-7-12(20)19-18-6-9-2-1-3-17-9/h1-6,17H,7H2,(H,19,20)/b18-6+.